The van der Waals surface area contributed by atoms with Crippen LogP contribution in [-0.2, 0) is 11.3 Å². The van der Waals surface area contributed by atoms with Gasteiger partial charge in [-0.1, -0.05) is 6.07 Å². The van der Waals surface area contributed by atoms with Crippen molar-refractivity contribution in [2.75, 3.05) is 48.4 Å². The molecule has 0 spiro atoms. The van der Waals surface area contributed by atoms with E-state index in [1.165, 1.54) is 17.7 Å². The minimum absolute atomic E-state index is 0.0122. The van der Waals surface area contributed by atoms with Crippen LogP contribution in [0.1, 0.15) is 18.9 Å². The lowest BCUT2D eigenvalue weighted by molar-refractivity contribution is -0.130. The second-order valence-corrected chi connectivity index (χ2v) is 9.99. The molecule has 1 aromatic carbocycles. The number of nitrogens with zero attached hydrogens (tertiary/aromatic N) is 5. The Morgan fingerprint density at radius 3 is 2.59 bits per heavy atom. The van der Waals surface area contributed by atoms with Crippen molar-refractivity contribution in [3.63, 3.8) is 0 Å². The first-order valence-electron chi connectivity index (χ1n) is 10.9. The van der Waals surface area contributed by atoms with Crippen molar-refractivity contribution in [1.29, 1.82) is 0 Å². The van der Waals surface area contributed by atoms with E-state index in [1.807, 2.05) is 45.0 Å². The van der Waals surface area contributed by atoms with E-state index in [0.29, 0.717) is 6.54 Å². The quantitative estimate of drug-likeness (QED) is 0.632. The first kappa shape index (κ1) is 21.5. The molecule has 32 heavy (non-hydrogen) atoms. The van der Waals surface area contributed by atoms with E-state index >= 15 is 0 Å². The SMILES string of the molecule is CC(=O)N1CCN(Cc2ccnc(-c3ccc4c(c3)N(C)SN4CC3CC3(F)F)c2)CC1. The van der Waals surface area contributed by atoms with Crippen LogP contribution in [0.2, 0.25) is 0 Å². The molecule has 1 saturated heterocycles. The number of pyridine rings is 1. The van der Waals surface area contributed by atoms with Crippen LogP contribution in [-0.4, -0.2) is 66.4 Å². The highest BCUT2D eigenvalue weighted by Gasteiger charge is 2.57. The van der Waals surface area contributed by atoms with Crippen molar-refractivity contribution >= 4 is 29.4 Å². The molecule has 2 aromatic rings. The van der Waals surface area contributed by atoms with Crippen LogP contribution in [0, 0.1) is 5.92 Å². The van der Waals surface area contributed by atoms with Gasteiger partial charge in [-0.05, 0) is 29.8 Å². The number of aromatic nitrogens is 1. The Labute approximate surface area is 191 Å². The molecule has 1 aliphatic carbocycles. The summed E-state index contributed by atoms with van der Waals surface area (Å²) in [6.07, 6.45) is 1.82. The molecule has 5 rings (SSSR count). The Hall–Kier alpha value is -2.39. The number of alkyl halides is 2. The first-order valence-corrected chi connectivity index (χ1v) is 11.7. The molecule has 170 valence electrons. The molecule has 3 heterocycles. The standard InChI is InChI=1S/C23H27F2N5OS/c1-16(31)29-9-7-28(8-10-29)14-17-5-6-26-20(11-17)18-3-4-21-22(12-18)27(2)32-30(21)15-19-13-23(19,24)25/h3-6,11-12,19H,7-10,13-15H2,1-2H3. The van der Waals surface area contributed by atoms with Crippen LogP contribution in [0.4, 0.5) is 20.2 Å². The number of rotatable bonds is 5. The second-order valence-electron chi connectivity index (χ2n) is 8.84. The molecule has 1 amide bonds. The van der Waals surface area contributed by atoms with Crippen molar-refractivity contribution < 1.29 is 13.6 Å². The summed E-state index contributed by atoms with van der Waals surface area (Å²) in [5, 5.41) is 0. The van der Waals surface area contributed by atoms with Gasteiger partial charge in [-0.3, -0.25) is 23.3 Å². The van der Waals surface area contributed by atoms with Crippen molar-refractivity contribution in [1.82, 2.24) is 14.8 Å². The Balaban J connectivity index is 1.29. The van der Waals surface area contributed by atoms with Gasteiger partial charge >= 0.3 is 0 Å². The molecule has 0 radical (unpaired) electrons. The van der Waals surface area contributed by atoms with Gasteiger partial charge in [0.25, 0.3) is 5.92 Å². The predicted octanol–water partition coefficient (Wildman–Crippen LogP) is 3.89. The number of amides is 1. The fourth-order valence-corrected chi connectivity index (χ4v) is 5.41. The Kier molecular flexibility index (Phi) is 5.49. The van der Waals surface area contributed by atoms with Crippen LogP contribution in [0.3, 0.4) is 0 Å². The number of halogens is 2. The van der Waals surface area contributed by atoms with Crippen LogP contribution in [0.25, 0.3) is 11.3 Å². The van der Waals surface area contributed by atoms with Gasteiger partial charge in [0.1, 0.15) is 0 Å². The van der Waals surface area contributed by atoms with Gasteiger partial charge in [0.15, 0.2) is 0 Å². The summed E-state index contributed by atoms with van der Waals surface area (Å²) in [6.45, 7) is 6.08. The number of fused-ring (bicyclic) bond motifs is 1. The summed E-state index contributed by atoms with van der Waals surface area (Å²) in [6, 6.07) is 10.3. The average molecular weight is 460 g/mol. The van der Waals surface area contributed by atoms with Gasteiger partial charge in [-0.2, -0.15) is 0 Å². The monoisotopic (exact) mass is 459 g/mol. The molecule has 2 aliphatic heterocycles. The molecule has 2 fully saturated rings. The number of benzene rings is 1. The molecular formula is C23H27F2N5OS. The van der Waals surface area contributed by atoms with Gasteiger partial charge in [-0.25, -0.2) is 8.78 Å². The Morgan fingerprint density at radius 2 is 1.91 bits per heavy atom. The third-order valence-corrected chi connectivity index (χ3v) is 7.47. The maximum atomic E-state index is 13.4. The van der Waals surface area contributed by atoms with Crippen LogP contribution in [0.5, 0.6) is 0 Å². The van der Waals surface area contributed by atoms with Crippen molar-refractivity contribution in [2.45, 2.75) is 25.8 Å². The molecule has 3 aliphatic rings. The molecule has 1 unspecified atom stereocenters. The highest BCUT2D eigenvalue weighted by atomic mass is 32.2. The molecule has 6 nitrogen and oxygen atoms in total. The van der Waals surface area contributed by atoms with E-state index in [4.69, 9.17) is 0 Å². The number of anilines is 2. The highest BCUT2D eigenvalue weighted by Crippen LogP contribution is 2.53. The topological polar surface area (TPSA) is 42.9 Å². The summed E-state index contributed by atoms with van der Waals surface area (Å²) in [5.74, 6) is -2.92. The summed E-state index contributed by atoms with van der Waals surface area (Å²) < 4.78 is 30.8. The lowest BCUT2D eigenvalue weighted by Crippen LogP contribution is -2.47. The third kappa shape index (κ3) is 4.28. The molecule has 0 N–H and O–H groups in total. The summed E-state index contributed by atoms with van der Waals surface area (Å²) >= 11 is 1.47. The fourth-order valence-electron chi connectivity index (χ4n) is 4.39. The lowest BCUT2D eigenvalue weighted by Gasteiger charge is -2.34. The average Bonchev–Trinajstić information content (AvgIpc) is 3.25. The first-order chi connectivity index (χ1) is 15.3. The number of carbonyl (C=O) groups is 1. The normalized spacial score (nSPS) is 22.2. The smallest absolute Gasteiger partial charge is 0.253 e. The third-order valence-electron chi connectivity index (χ3n) is 6.49. The van der Waals surface area contributed by atoms with Gasteiger partial charge in [0, 0.05) is 77.3 Å². The summed E-state index contributed by atoms with van der Waals surface area (Å²) in [5.41, 5.74) is 5.09. The minimum Gasteiger partial charge on any atom is -0.340 e. The Morgan fingerprint density at radius 1 is 1.16 bits per heavy atom. The number of hydrogen-bond donors (Lipinski definition) is 0. The van der Waals surface area contributed by atoms with Gasteiger partial charge in [0.05, 0.1) is 29.2 Å². The van der Waals surface area contributed by atoms with Gasteiger partial charge < -0.3 is 4.90 Å². The van der Waals surface area contributed by atoms with Crippen LogP contribution >= 0.6 is 12.1 Å². The number of hydrogen-bond acceptors (Lipinski definition) is 6. The van der Waals surface area contributed by atoms with Crippen molar-refractivity contribution in [2.24, 2.45) is 5.92 Å². The molecule has 1 saturated carbocycles. The lowest BCUT2D eigenvalue weighted by atomic mass is 10.1. The molecular weight excluding hydrogens is 432 g/mol. The van der Waals surface area contributed by atoms with E-state index in [0.717, 1.165) is 55.4 Å². The summed E-state index contributed by atoms with van der Waals surface area (Å²) in [7, 11) is 1.96. The zero-order valence-corrected chi connectivity index (χ0v) is 19.1. The molecule has 1 aromatic heterocycles. The van der Waals surface area contributed by atoms with Crippen LogP contribution in [0.15, 0.2) is 36.5 Å². The Bertz CT molecular complexity index is 1030. The van der Waals surface area contributed by atoms with Crippen molar-refractivity contribution in [3.8, 4) is 11.3 Å². The van der Waals surface area contributed by atoms with E-state index in [9.17, 15) is 13.6 Å². The van der Waals surface area contributed by atoms with Crippen molar-refractivity contribution in [3.05, 3.63) is 42.1 Å². The predicted molar refractivity (Wildman–Crippen MR) is 124 cm³/mol. The van der Waals surface area contributed by atoms with E-state index in [2.05, 4.69) is 22.0 Å². The zero-order chi connectivity index (χ0) is 22.5. The number of carbonyl (C=O) groups excluding carboxylic acids is 1. The molecule has 1 atom stereocenters. The minimum atomic E-state index is -2.51. The largest absolute Gasteiger partial charge is 0.340 e. The maximum absolute atomic E-state index is 13.4. The van der Waals surface area contributed by atoms with E-state index < -0.39 is 11.8 Å². The summed E-state index contributed by atoms with van der Waals surface area (Å²) in [4.78, 5) is 20.4. The maximum Gasteiger partial charge on any atom is 0.253 e. The molecule has 9 heteroatoms. The highest BCUT2D eigenvalue weighted by molar-refractivity contribution is 8.02. The van der Waals surface area contributed by atoms with Gasteiger partial charge in [0.2, 0.25) is 5.91 Å². The molecule has 0 bridgehead atoms. The van der Waals surface area contributed by atoms with Gasteiger partial charge in [-0.15, -0.1) is 0 Å². The fraction of sp³-hybridized carbons (Fsp3) is 0.478. The van der Waals surface area contributed by atoms with E-state index in [-0.39, 0.29) is 12.3 Å². The number of piperazine rings is 1. The zero-order valence-electron chi connectivity index (χ0n) is 18.3. The second kappa shape index (κ2) is 8.19. The van der Waals surface area contributed by atoms with Crippen LogP contribution < -0.4 is 8.61 Å². The van der Waals surface area contributed by atoms with E-state index in [1.54, 1.807) is 6.92 Å².